The van der Waals surface area contributed by atoms with Crippen LogP contribution in [0.5, 0.6) is 5.75 Å². The van der Waals surface area contributed by atoms with Gasteiger partial charge in [-0.1, -0.05) is 42.5 Å². The Bertz CT molecular complexity index is 772. The second-order valence-electron chi connectivity index (χ2n) is 4.70. The molecule has 108 valence electrons. The van der Waals surface area contributed by atoms with Gasteiger partial charge in [0.25, 0.3) is 0 Å². The number of phenolic OH excluding ortho intramolecular Hbond substituents is 1. The van der Waals surface area contributed by atoms with Crippen LogP contribution in [-0.4, -0.2) is 17.0 Å². The van der Waals surface area contributed by atoms with Crippen LogP contribution in [0.1, 0.15) is 11.1 Å². The molecule has 0 aromatic heterocycles. The van der Waals surface area contributed by atoms with Crippen molar-refractivity contribution < 1.29 is 14.6 Å². The average Bonchev–Trinajstić information content (AvgIpc) is 2.89. The second kappa shape index (κ2) is 6.10. The predicted molar refractivity (Wildman–Crippen MR) is 85.1 cm³/mol. The van der Waals surface area contributed by atoms with Crippen LogP contribution in [0.25, 0.3) is 12.2 Å². The molecule has 2 aromatic rings. The lowest BCUT2D eigenvalue weighted by Crippen LogP contribution is -2.01. The number of benzene rings is 2. The lowest BCUT2D eigenvalue weighted by atomic mass is 10.2. The van der Waals surface area contributed by atoms with Crippen molar-refractivity contribution in [1.29, 1.82) is 0 Å². The van der Waals surface area contributed by atoms with E-state index in [-0.39, 0.29) is 17.3 Å². The fourth-order valence-electron chi connectivity index (χ4n) is 1.96. The van der Waals surface area contributed by atoms with Gasteiger partial charge in [0.05, 0.1) is 0 Å². The van der Waals surface area contributed by atoms with Gasteiger partial charge in [-0.3, -0.25) is 0 Å². The molecule has 0 atom stereocenters. The van der Waals surface area contributed by atoms with Crippen LogP contribution in [0.4, 0.5) is 0 Å². The zero-order valence-electron chi connectivity index (χ0n) is 11.6. The van der Waals surface area contributed by atoms with E-state index in [4.69, 9.17) is 4.74 Å². The predicted octanol–water partition coefficient (Wildman–Crippen LogP) is 3.40. The molecule has 0 amide bonds. The summed E-state index contributed by atoms with van der Waals surface area (Å²) < 4.78 is 5.10. The van der Waals surface area contributed by atoms with Gasteiger partial charge in [0.15, 0.2) is 5.70 Å². The largest absolute Gasteiger partial charge is 0.508 e. The van der Waals surface area contributed by atoms with Gasteiger partial charge in [-0.05, 0) is 35.4 Å². The molecule has 4 nitrogen and oxygen atoms in total. The van der Waals surface area contributed by atoms with Gasteiger partial charge < -0.3 is 9.84 Å². The third-order valence-corrected chi connectivity index (χ3v) is 3.05. The van der Waals surface area contributed by atoms with Crippen molar-refractivity contribution in [2.24, 2.45) is 4.99 Å². The fourth-order valence-corrected chi connectivity index (χ4v) is 1.96. The van der Waals surface area contributed by atoms with Crippen molar-refractivity contribution in [3.63, 3.8) is 0 Å². The fraction of sp³-hybridized carbons (Fsp3) is 0. The molecule has 0 aliphatic carbocycles. The highest BCUT2D eigenvalue weighted by Gasteiger charge is 2.20. The van der Waals surface area contributed by atoms with E-state index >= 15 is 0 Å². The summed E-state index contributed by atoms with van der Waals surface area (Å²) in [6.07, 6.45) is 5.10. The Morgan fingerprint density at radius 2 is 1.64 bits per heavy atom. The maximum atomic E-state index is 11.8. The molecule has 3 rings (SSSR count). The van der Waals surface area contributed by atoms with Gasteiger partial charge in [-0.15, -0.1) is 0 Å². The Balaban J connectivity index is 1.79. The van der Waals surface area contributed by atoms with Gasteiger partial charge >= 0.3 is 5.97 Å². The van der Waals surface area contributed by atoms with Crippen LogP contribution in [0.15, 0.2) is 71.4 Å². The molecule has 0 unspecified atom stereocenters. The van der Waals surface area contributed by atoms with Crippen LogP contribution >= 0.6 is 0 Å². The molecule has 4 heteroatoms. The molecule has 1 aliphatic heterocycles. The van der Waals surface area contributed by atoms with Gasteiger partial charge in [0.1, 0.15) is 5.75 Å². The molecular formula is C18H13NO3. The first kappa shape index (κ1) is 13.8. The molecule has 0 bridgehead atoms. The third kappa shape index (κ3) is 3.30. The van der Waals surface area contributed by atoms with E-state index in [1.165, 1.54) is 0 Å². The van der Waals surface area contributed by atoms with Crippen LogP contribution in [-0.2, 0) is 9.53 Å². The molecular weight excluding hydrogens is 278 g/mol. The number of carbonyl (C=O) groups is 1. The van der Waals surface area contributed by atoms with Crippen LogP contribution < -0.4 is 0 Å². The van der Waals surface area contributed by atoms with Gasteiger partial charge in [0.2, 0.25) is 5.90 Å². The lowest BCUT2D eigenvalue weighted by Gasteiger charge is -1.94. The highest BCUT2D eigenvalue weighted by atomic mass is 16.6. The molecule has 1 aliphatic rings. The Morgan fingerprint density at radius 1 is 0.909 bits per heavy atom. The summed E-state index contributed by atoms with van der Waals surface area (Å²) >= 11 is 0. The molecule has 0 radical (unpaired) electrons. The van der Waals surface area contributed by atoms with E-state index in [0.29, 0.717) is 0 Å². The van der Waals surface area contributed by atoms with E-state index in [2.05, 4.69) is 4.99 Å². The Labute approximate surface area is 127 Å². The SMILES string of the molecule is O=C1OC(/C=C\c2ccccc2)=NC/1=C\c1ccc(O)cc1. The molecule has 1 N–H and O–H groups in total. The molecule has 0 fully saturated rings. The Kier molecular flexibility index (Phi) is 3.83. The molecule has 2 aromatic carbocycles. The van der Waals surface area contributed by atoms with Crippen LogP contribution in [0.3, 0.4) is 0 Å². The van der Waals surface area contributed by atoms with Crippen molar-refractivity contribution >= 4 is 24.0 Å². The van der Waals surface area contributed by atoms with Gasteiger partial charge in [-0.25, -0.2) is 9.79 Å². The van der Waals surface area contributed by atoms with E-state index in [9.17, 15) is 9.90 Å². The van der Waals surface area contributed by atoms with Crippen molar-refractivity contribution in [1.82, 2.24) is 0 Å². The summed E-state index contributed by atoms with van der Waals surface area (Å²) in [7, 11) is 0. The molecule has 0 saturated heterocycles. The smallest absolute Gasteiger partial charge is 0.363 e. The number of rotatable bonds is 3. The minimum atomic E-state index is -0.485. The third-order valence-electron chi connectivity index (χ3n) is 3.05. The molecule has 0 saturated carbocycles. The minimum absolute atomic E-state index is 0.172. The number of carbonyl (C=O) groups excluding carboxylic acids is 1. The zero-order valence-corrected chi connectivity index (χ0v) is 11.6. The van der Waals surface area contributed by atoms with Crippen molar-refractivity contribution in [3.8, 4) is 5.75 Å². The van der Waals surface area contributed by atoms with Gasteiger partial charge in [-0.2, -0.15) is 0 Å². The Hall–Kier alpha value is -3.14. The topological polar surface area (TPSA) is 58.9 Å². The summed E-state index contributed by atoms with van der Waals surface area (Å²) in [6.45, 7) is 0. The van der Waals surface area contributed by atoms with Crippen molar-refractivity contribution in [3.05, 3.63) is 77.5 Å². The first-order valence-electron chi connectivity index (χ1n) is 6.75. The standard InChI is InChI=1S/C18H13NO3/c20-15-9-6-14(7-10-15)12-16-18(21)22-17(19-16)11-8-13-4-2-1-3-5-13/h1-12,20H/b11-8-,16-12-. The van der Waals surface area contributed by atoms with Crippen LogP contribution in [0, 0.1) is 0 Å². The first-order chi connectivity index (χ1) is 10.7. The number of esters is 1. The lowest BCUT2D eigenvalue weighted by molar-refractivity contribution is -0.129. The van der Waals surface area contributed by atoms with Crippen molar-refractivity contribution in [2.45, 2.75) is 0 Å². The summed E-state index contributed by atoms with van der Waals surface area (Å²) in [5, 5.41) is 9.24. The number of hydrogen-bond acceptors (Lipinski definition) is 4. The summed E-state index contributed by atoms with van der Waals surface area (Å²) in [6, 6.07) is 16.2. The maximum Gasteiger partial charge on any atom is 0.363 e. The summed E-state index contributed by atoms with van der Waals surface area (Å²) in [5.41, 5.74) is 2.00. The average molecular weight is 291 g/mol. The monoisotopic (exact) mass is 291 g/mol. The Morgan fingerprint density at radius 3 is 2.36 bits per heavy atom. The van der Waals surface area contributed by atoms with E-state index < -0.39 is 5.97 Å². The molecule has 1 heterocycles. The van der Waals surface area contributed by atoms with Crippen molar-refractivity contribution in [2.75, 3.05) is 0 Å². The number of hydrogen-bond donors (Lipinski definition) is 1. The van der Waals surface area contributed by atoms with E-state index in [1.54, 1.807) is 36.4 Å². The molecule has 22 heavy (non-hydrogen) atoms. The minimum Gasteiger partial charge on any atom is -0.508 e. The first-order valence-corrected chi connectivity index (χ1v) is 6.75. The summed E-state index contributed by atoms with van der Waals surface area (Å²) in [4.78, 5) is 15.9. The zero-order chi connectivity index (χ0) is 15.4. The number of nitrogens with zero attached hydrogens (tertiary/aromatic N) is 1. The highest BCUT2D eigenvalue weighted by molar-refractivity contribution is 6.11. The van der Waals surface area contributed by atoms with E-state index in [0.717, 1.165) is 11.1 Å². The number of aliphatic imine (C=N–C) groups is 1. The number of ether oxygens (including phenoxy) is 1. The van der Waals surface area contributed by atoms with Gasteiger partial charge in [0, 0.05) is 6.08 Å². The maximum absolute atomic E-state index is 11.8. The quantitative estimate of drug-likeness (QED) is 0.696. The normalized spacial score (nSPS) is 16.1. The van der Waals surface area contributed by atoms with Crippen LogP contribution in [0.2, 0.25) is 0 Å². The number of cyclic esters (lactones) is 1. The second-order valence-corrected chi connectivity index (χ2v) is 4.70. The number of phenols is 1. The summed E-state index contributed by atoms with van der Waals surface area (Å²) in [5.74, 6) is -0.0502. The van der Waals surface area contributed by atoms with E-state index in [1.807, 2.05) is 36.4 Å². The number of aromatic hydroxyl groups is 1. The molecule has 0 spiro atoms. The highest BCUT2D eigenvalue weighted by Crippen LogP contribution is 2.18.